The summed E-state index contributed by atoms with van der Waals surface area (Å²) in [5.74, 6) is 0.0492. The van der Waals surface area contributed by atoms with Crippen LogP contribution in [0.4, 0.5) is 18.9 Å². The Morgan fingerprint density at radius 1 is 1.18 bits per heavy atom. The minimum atomic E-state index is -4.55. The van der Waals surface area contributed by atoms with Gasteiger partial charge in [-0.15, -0.1) is 0 Å². The highest BCUT2D eigenvalue weighted by Crippen LogP contribution is 2.31. The fraction of sp³-hybridized carbons (Fsp3) is 0.261. The van der Waals surface area contributed by atoms with Crippen molar-refractivity contribution in [1.29, 1.82) is 5.41 Å². The number of alkyl halides is 3. The quantitative estimate of drug-likeness (QED) is 0.423. The number of anilines is 1. The van der Waals surface area contributed by atoms with E-state index >= 15 is 0 Å². The molecule has 3 rings (SSSR count). The maximum absolute atomic E-state index is 13.0. The van der Waals surface area contributed by atoms with E-state index in [4.69, 9.17) is 5.41 Å². The SMILES string of the molecule is CCN/C(=C\C=N)C(=O)N(C)c1ccc(-c2ncc3nc(C(F)(F)F)cc(C)c3n2)cc1C. The smallest absolute Gasteiger partial charge is 0.381 e. The molecule has 0 fully saturated rings. The Kier molecular flexibility index (Phi) is 6.75. The van der Waals surface area contributed by atoms with Crippen molar-refractivity contribution in [2.45, 2.75) is 26.9 Å². The highest BCUT2D eigenvalue weighted by atomic mass is 19.4. The van der Waals surface area contributed by atoms with Crippen LogP contribution in [-0.4, -0.2) is 40.7 Å². The third kappa shape index (κ3) is 5.00. The number of carbonyl (C=O) groups excluding carboxylic acids is 1. The summed E-state index contributed by atoms with van der Waals surface area (Å²) in [6.45, 7) is 5.78. The molecule has 0 bridgehead atoms. The topological polar surface area (TPSA) is 94.9 Å². The van der Waals surface area contributed by atoms with Gasteiger partial charge in [0, 0.05) is 31.1 Å². The average molecular weight is 456 g/mol. The van der Waals surface area contributed by atoms with E-state index in [1.807, 2.05) is 13.8 Å². The fourth-order valence-electron chi connectivity index (χ4n) is 3.41. The Morgan fingerprint density at radius 2 is 1.91 bits per heavy atom. The summed E-state index contributed by atoms with van der Waals surface area (Å²) >= 11 is 0. The Bertz CT molecular complexity index is 1250. The number of aryl methyl sites for hydroxylation is 2. The van der Waals surface area contributed by atoms with Gasteiger partial charge in [0.2, 0.25) is 0 Å². The lowest BCUT2D eigenvalue weighted by atomic mass is 10.1. The van der Waals surface area contributed by atoms with Crippen molar-refractivity contribution in [3.63, 3.8) is 0 Å². The molecule has 2 N–H and O–H groups in total. The van der Waals surface area contributed by atoms with Crippen LogP contribution < -0.4 is 10.2 Å². The van der Waals surface area contributed by atoms with Crippen molar-refractivity contribution in [2.24, 2.45) is 0 Å². The van der Waals surface area contributed by atoms with Gasteiger partial charge in [0.05, 0.1) is 11.7 Å². The van der Waals surface area contributed by atoms with Crippen molar-refractivity contribution < 1.29 is 18.0 Å². The summed E-state index contributed by atoms with van der Waals surface area (Å²) in [7, 11) is 1.64. The molecular formula is C23H23F3N6O. The first-order chi connectivity index (χ1) is 15.6. The molecule has 33 heavy (non-hydrogen) atoms. The second kappa shape index (κ2) is 9.35. The van der Waals surface area contributed by atoms with Gasteiger partial charge < -0.3 is 15.6 Å². The number of hydrogen-bond donors (Lipinski definition) is 2. The van der Waals surface area contributed by atoms with Crippen LogP contribution in [0.15, 0.2) is 42.2 Å². The van der Waals surface area contributed by atoms with E-state index in [0.717, 1.165) is 17.8 Å². The summed E-state index contributed by atoms with van der Waals surface area (Å²) in [5, 5.41) is 10.2. The number of benzene rings is 1. The zero-order valence-electron chi connectivity index (χ0n) is 18.6. The van der Waals surface area contributed by atoms with Gasteiger partial charge in [0.1, 0.15) is 16.9 Å². The number of carbonyl (C=O) groups is 1. The second-order valence-corrected chi connectivity index (χ2v) is 7.39. The molecule has 2 heterocycles. The fourth-order valence-corrected chi connectivity index (χ4v) is 3.41. The van der Waals surface area contributed by atoms with E-state index in [-0.39, 0.29) is 11.4 Å². The van der Waals surface area contributed by atoms with Crippen LogP contribution in [0.5, 0.6) is 0 Å². The maximum atomic E-state index is 13.0. The van der Waals surface area contributed by atoms with Gasteiger partial charge in [-0.3, -0.25) is 4.79 Å². The van der Waals surface area contributed by atoms with Crippen molar-refractivity contribution in [3.8, 4) is 11.4 Å². The van der Waals surface area contributed by atoms with E-state index in [0.29, 0.717) is 40.4 Å². The predicted octanol–water partition coefficient (Wildman–Crippen LogP) is 4.43. The minimum absolute atomic E-state index is 0.0682. The molecule has 0 aliphatic rings. The van der Waals surface area contributed by atoms with Gasteiger partial charge >= 0.3 is 6.18 Å². The molecule has 2 aromatic heterocycles. The lowest BCUT2D eigenvalue weighted by Gasteiger charge is -2.22. The Labute approximate surface area is 188 Å². The molecule has 0 saturated heterocycles. The van der Waals surface area contributed by atoms with Gasteiger partial charge in [0.25, 0.3) is 5.91 Å². The number of amides is 1. The molecule has 0 aliphatic heterocycles. The zero-order valence-corrected chi connectivity index (χ0v) is 18.6. The second-order valence-electron chi connectivity index (χ2n) is 7.39. The molecule has 0 saturated carbocycles. The number of pyridine rings is 1. The summed E-state index contributed by atoms with van der Waals surface area (Å²) < 4.78 is 39.1. The third-order valence-electron chi connectivity index (χ3n) is 5.00. The molecule has 3 aromatic rings. The first kappa shape index (κ1) is 23.8. The first-order valence-corrected chi connectivity index (χ1v) is 10.1. The predicted molar refractivity (Wildman–Crippen MR) is 121 cm³/mol. The van der Waals surface area contributed by atoms with Gasteiger partial charge in [-0.05, 0) is 62.2 Å². The highest BCUT2D eigenvalue weighted by Gasteiger charge is 2.33. The lowest BCUT2D eigenvalue weighted by Crippen LogP contribution is -2.34. The van der Waals surface area contributed by atoms with E-state index < -0.39 is 11.9 Å². The van der Waals surface area contributed by atoms with E-state index in [9.17, 15) is 18.0 Å². The number of nitrogens with zero attached hydrogens (tertiary/aromatic N) is 4. The lowest BCUT2D eigenvalue weighted by molar-refractivity contribution is -0.141. The van der Waals surface area contributed by atoms with Crippen LogP contribution in [0.1, 0.15) is 23.7 Å². The molecule has 0 atom stereocenters. The number of halogens is 3. The number of aromatic nitrogens is 3. The Hall–Kier alpha value is -3.82. The highest BCUT2D eigenvalue weighted by molar-refractivity contribution is 6.07. The molecule has 172 valence electrons. The molecule has 0 unspecified atom stereocenters. The largest absolute Gasteiger partial charge is 0.433 e. The average Bonchev–Trinajstić information content (AvgIpc) is 2.77. The maximum Gasteiger partial charge on any atom is 0.433 e. The Balaban J connectivity index is 1.96. The number of fused-ring (bicyclic) bond motifs is 1. The summed E-state index contributed by atoms with van der Waals surface area (Å²) in [4.78, 5) is 26.5. The third-order valence-corrected chi connectivity index (χ3v) is 5.00. The Morgan fingerprint density at radius 3 is 2.52 bits per heavy atom. The monoisotopic (exact) mass is 456 g/mol. The van der Waals surface area contributed by atoms with E-state index in [2.05, 4.69) is 20.3 Å². The number of nitrogens with one attached hydrogen (secondary N) is 2. The van der Waals surface area contributed by atoms with Crippen molar-refractivity contribution in [1.82, 2.24) is 20.3 Å². The number of hydrogen-bond acceptors (Lipinski definition) is 6. The van der Waals surface area contributed by atoms with Gasteiger partial charge in [0.15, 0.2) is 5.82 Å². The normalized spacial score (nSPS) is 12.0. The van der Waals surface area contributed by atoms with Crippen LogP contribution in [-0.2, 0) is 11.0 Å². The van der Waals surface area contributed by atoms with Gasteiger partial charge in [-0.2, -0.15) is 13.2 Å². The van der Waals surface area contributed by atoms with Crippen LogP contribution in [0, 0.1) is 19.3 Å². The standard InChI is InChI=1S/C23H23F3N6O/c1-5-28-16(8-9-27)22(33)32(4)18-7-6-15(10-13(18)2)21-29-12-17-20(31-21)14(3)11-19(30-17)23(24,25)26/h6-12,27-28H,5H2,1-4H3/b16-8-,27-9?. The molecule has 1 aromatic carbocycles. The van der Waals surface area contributed by atoms with Crippen LogP contribution in [0.2, 0.25) is 0 Å². The molecule has 0 aliphatic carbocycles. The molecule has 10 heteroatoms. The van der Waals surface area contributed by atoms with E-state index in [1.54, 1.807) is 32.2 Å². The molecule has 0 spiro atoms. The molecule has 1 amide bonds. The van der Waals surface area contributed by atoms with Gasteiger partial charge in [-0.1, -0.05) is 0 Å². The number of likely N-dealkylation sites (N-methyl/N-ethyl adjacent to an activating group) is 2. The summed E-state index contributed by atoms with van der Waals surface area (Å²) in [5.41, 5.74) is 2.17. The van der Waals surface area contributed by atoms with Crippen molar-refractivity contribution in [2.75, 3.05) is 18.5 Å². The van der Waals surface area contributed by atoms with E-state index in [1.165, 1.54) is 17.2 Å². The first-order valence-electron chi connectivity index (χ1n) is 10.1. The molecular weight excluding hydrogens is 433 g/mol. The molecule has 0 radical (unpaired) electrons. The minimum Gasteiger partial charge on any atom is -0.381 e. The van der Waals surface area contributed by atoms with Crippen LogP contribution in [0.3, 0.4) is 0 Å². The van der Waals surface area contributed by atoms with Crippen molar-refractivity contribution in [3.05, 3.63) is 59.1 Å². The zero-order chi connectivity index (χ0) is 24.3. The molecule has 7 nitrogen and oxygen atoms in total. The number of rotatable bonds is 6. The van der Waals surface area contributed by atoms with Crippen LogP contribution in [0.25, 0.3) is 22.4 Å². The summed E-state index contributed by atoms with van der Waals surface area (Å²) in [6, 6.07) is 6.27. The number of allylic oxidation sites excluding steroid dienone is 1. The van der Waals surface area contributed by atoms with Crippen molar-refractivity contribution >= 4 is 28.8 Å². The van der Waals surface area contributed by atoms with Crippen LogP contribution >= 0.6 is 0 Å². The van der Waals surface area contributed by atoms with Gasteiger partial charge in [-0.25, -0.2) is 15.0 Å². The summed E-state index contributed by atoms with van der Waals surface area (Å²) in [6.07, 6.45) is -0.821.